The Labute approximate surface area is 169 Å². The van der Waals surface area contributed by atoms with Crippen molar-refractivity contribution in [3.05, 3.63) is 30.1 Å². The van der Waals surface area contributed by atoms with Crippen molar-refractivity contribution in [1.29, 1.82) is 0 Å². The Hall–Kier alpha value is -2.56. The zero-order chi connectivity index (χ0) is 22.1. The summed E-state index contributed by atoms with van der Waals surface area (Å²) < 4.78 is 67.1. The van der Waals surface area contributed by atoms with Gasteiger partial charge in [0.15, 0.2) is 0 Å². The molecule has 2 aromatic rings. The molecular weight excluding hydrogens is 411 g/mol. The van der Waals surface area contributed by atoms with Crippen molar-refractivity contribution < 1.29 is 31.5 Å². The van der Waals surface area contributed by atoms with Crippen molar-refractivity contribution in [2.24, 2.45) is 0 Å². The number of benzene rings is 1. The van der Waals surface area contributed by atoms with Crippen molar-refractivity contribution in [3.63, 3.8) is 0 Å². The van der Waals surface area contributed by atoms with Crippen LogP contribution in [-0.2, 0) is 9.53 Å². The third kappa shape index (κ3) is 5.13. The minimum absolute atomic E-state index is 0.0742. The molecule has 3 rings (SSSR count). The van der Waals surface area contributed by atoms with E-state index in [-0.39, 0.29) is 30.9 Å². The molecule has 30 heavy (non-hydrogen) atoms. The smallest absolute Gasteiger partial charge is 0.358 e. The third-order valence-electron chi connectivity index (χ3n) is 5.05. The van der Waals surface area contributed by atoms with Crippen LogP contribution in [-0.4, -0.2) is 51.9 Å². The minimum Gasteiger partial charge on any atom is -0.358 e. The highest BCUT2D eigenvalue weighted by atomic mass is 19.4. The van der Waals surface area contributed by atoms with Gasteiger partial charge in [0.1, 0.15) is 18.2 Å². The zero-order valence-corrected chi connectivity index (χ0v) is 16.3. The first-order valence-corrected chi connectivity index (χ1v) is 9.39. The molecule has 0 saturated carbocycles. The highest BCUT2D eigenvalue weighted by Gasteiger charge is 2.38. The molecule has 1 aromatic heterocycles. The number of halogens is 5. The van der Waals surface area contributed by atoms with Crippen LogP contribution in [0.2, 0.25) is 0 Å². The van der Waals surface area contributed by atoms with Gasteiger partial charge in [-0.1, -0.05) is 6.07 Å². The molecule has 1 aromatic carbocycles. The van der Waals surface area contributed by atoms with E-state index in [0.717, 1.165) is 0 Å². The normalized spacial score (nSPS) is 21.1. The molecule has 6 nitrogen and oxygen atoms in total. The summed E-state index contributed by atoms with van der Waals surface area (Å²) in [5, 5.41) is 3.44. The van der Waals surface area contributed by atoms with Crippen LogP contribution in [0.1, 0.15) is 38.7 Å². The fourth-order valence-electron chi connectivity index (χ4n) is 3.59. The van der Waals surface area contributed by atoms with Gasteiger partial charge in [0.05, 0.1) is 11.6 Å². The van der Waals surface area contributed by atoms with E-state index >= 15 is 0 Å². The molecule has 3 atom stereocenters. The Morgan fingerprint density at radius 2 is 2.03 bits per heavy atom. The molecule has 1 fully saturated rings. The van der Waals surface area contributed by atoms with Gasteiger partial charge in [-0.25, -0.2) is 18.7 Å². The van der Waals surface area contributed by atoms with E-state index in [2.05, 4.69) is 20.0 Å². The van der Waals surface area contributed by atoms with Crippen molar-refractivity contribution in [1.82, 2.24) is 14.9 Å². The first-order chi connectivity index (χ1) is 14.0. The molecule has 1 amide bonds. The predicted octanol–water partition coefficient (Wildman–Crippen LogP) is 4.28. The van der Waals surface area contributed by atoms with Gasteiger partial charge in [-0.3, -0.25) is 9.53 Å². The van der Waals surface area contributed by atoms with Crippen LogP contribution >= 0.6 is 0 Å². The molecule has 1 aliphatic rings. The van der Waals surface area contributed by atoms with Crippen LogP contribution in [0.25, 0.3) is 10.9 Å². The average molecular weight is 432 g/mol. The average Bonchev–Trinajstić information content (AvgIpc) is 2.66. The fourth-order valence-corrected chi connectivity index (χ4v) is 3.59. The Balaban J connectivity index is 1.69. The largest absolute Gasteiger partial charge is 0.522 e. The van der Waals surface area contributed by atoms with Gasteiger partial charge in [-0.2, -0.15) is 0 Å². The molecule has 0 radical (unpaired) electrons. The molecule has 0 aliphatic carbocycles. The molecule has 0 bridgehead atoms. The second-order valence-corrected chi connectivity index (χ2v) is 7.26. The summed E-state index contributed by atoms with van der Waals surface area (Å²) >= 11 is 0. The lowest BCUT2D eigenvalue weighted by atomic mass is 9.99. The number of amides is 1. The number of likely N-dealkylation sites (tertiary alicyclic amines) is 1. The lowest BCUT2D eigenvalue weighted by Crippen LogP contribution is -2.51. The van der Waals surface area contributed by atoms with Crippen molar-refractivity contribution in [2.45, 2.75) is 57.7 Å². The summed E-state index contributed by atoms with van der Waals surface area (Å²) in [4.78, 5) is 22.4. The number of rotatable bonds is 5. The van der Waals surface area contributed by atoms with Gasteiger partial charge in [0.25, 0.3) is 6.43 Å². The second kappa shape index (κ2) is 8.66. The molecular formula is C19H21F5N4O2. The summed E-state index contributed by atoms with van der Waals surface area (Å²) in [6, 6.07) is 2.81. The van der Waals surface area contributed by atoms with Crippen molar-refractivity contribution >= 4 is 22.6 Å². The number of hydrogen-bond acceptors (Lipinski definition) is 5. The number of fused-ring (bicyclic) bond motifs is 1. The maximum Gasteiger partial charge on any atom is 0.522 e. The lowest BCUT2D eigenvalue weighted by Gasteiger charge is -2.39. The van der Waals surface area contributed by atoms with Gasteiger partial charge in [-0.05, 0) is 38.8 Å². The van der Waals surface area contributed by atoms with Gasteiger partial charge in [-0.15, -0.1) is 13.2 Å². The highest BCUT2D eigenvalue weighted by molar-refractivity contribution is 5.92. The monoisotopic (exact) mass is 432 g/mol. The predicted molar refractivity (Wildman–Crippen MR) is 98.9 cm³/mol. The standard InChI is InChI=1S/C19H21F5N4O2/c1-10-7-13(30-19(22,23)24)5-6-28(10)18(29)11(2)27-17-14-4-3-12(16(20)21)8-15(14)25-9-26-17/h3-4,8-11,13,16H,5-7H2,1-2H3,(H,25,26,27)/t10-,11-,13+/m1/s1. The number of carbonyl (C=O) groups excluding carboxylic acids is 1. The number of nitrogens with one attached hydrogen (secondary N) is 1. The van der Waals surface area contributed by atoms with E-state index in [1.54, 1.807) is 13.8 Å². The maximum absolute atomic E-state index is 12.9. The topological polar surface area (TPSA) is 67.3 Å². The summed E-state index contributed by atoms with van der Waals surface area (Å²) in [5.74, 6) is 0.00790. The van der Waals surface area contributed by atoms with Crippen LogP contribution in [0, 0.1) is 0 Å². The Morgan fingerprint density at radius 1 is 1.30 bits per heavy atom. The molecule has 1 N–H and O–H groups in total. The number of carbonyl (C=O) groups is 1. The second-order valence-electron chi connectivity index (χ2n) is 7.26. The zero-order valence-electron chi connectivity index (χ0n) is 16.3. The summed E-state index contributed by atoms with van der Waals surface area (Å²) in [6.07, 6.45) is -6.96. The Kier molecular flexibility index (Phi) is 6.39. The summed E-state index contributed by atoms with van der Waals surface area (Å²) in [7, 11) is 0. The maximum atomic E-state index is 12.9. The van der Waals surface area contributed by atoms with Crippen LogP contribution < -0.4 is 5.32 Å². The molecule has 0 unspecified atom stereocenters. The van der Waals surface area contributed by atoms with E-state index in [9.17, 15) is 26.7 Å². The van der Waals surface area contributed by atoms with Crippen molar-refractivity contribution in [3.8, 4) is 0 Å². The Morgan fingerprint density at radius 3 is 2.67 bits per heavy atom. The fraction of sp³-hybridized carbons (Fsp3) is 0.526. The van der Waals surface area contributed by atoms with Gasteiger partial charge in [0.2, 0.25) is 5.91 Å². The van der Waals surface area contributed by atoms with Crippen LogP contribution in [0.5, 0.6) is 0 Å². The van der Waals surface area contributed by atoms with Gasteiger partial charge >= 0.3 is 6.36 Å². The number of nitrogens with zero attached hydrogens (tertiary/aromatic N) is 3. The van der Waals surface area contributed by atoms with Gasteiger partial charge < -0.3 is 10.2 Å². The van der Waals surface area contributed by atoms with E-state index in [4.69, 9.17) is 0 Å². The summed E-state index contributed by atoms with van der Waals surface area (Å²) in [5.41, 5.74) is 0.137. The van der Waals surface area contributed by atoms with E-state index < -0.39 is 31.0 Å². The quantitative estimate of drug-likeness (QED) is 0.715. The summed E-state index contributed by atoms with van der Waals surface area (Å²) in [6.45, 7) is 3.41. The molecule has 0 spiro atoms. The van der Waals surface area contributed by atoms with Crippen molar-refractivity contribution in [2.75, 3.05) is 11.9 Å². The van der Waals surface area contributed by atoms with E-state index in [1.807, 2.05) is 0 Å². The van der Waals surface area contributed by atoms with E-state index in [0.29, 0.717) is 16.7 Å². The molecule has 1 saturated heterocycles. The SMILES string of the molecule is C[C@@H]1C[C@@H](OC(F)(F)F)CCN1C(=O)[C@@H](C)Nc1ncnc2cc(C(F)F)ccc12. The third-order valence-corrected chi connectivity index (χ3v) is 5.05. The first-order valence-electron chi connectivity index (χ1n) is 9.39. The minimum atomic E-state index is -4.70. The highest BCUT2D eigenvalue weighted by Crippen LogP contribution is 2.29. The van der Waals surface area contributed by atoms with Crippen LogP contribution in [0.4, 0.5) is 27.8 Å². The number of aromatic nitrogens is 2. The Bertz CT molecular complexity index is 908. The number of anilines is 1. The molecule has 164 valence electrons. The molecule has 11 heteroatoms. The van der Waals surface area contributed by atoms with Crippen LogP contribution in [0.15, 0.2) is 24.5 Å². The molecule has 1 aliphatic heterocycles. The number of piperidine rings is 1. The molecule has 2 heterocycles. The van der Waals surface area contributed by atoms with Gasteiger partial charge in [0, 0.05) is 23.5 Å². The first kappa shape index (κ1) is 22.1. The number of hydrogen-bond donors (Lipinski definition) is 1. The lowest BCUT2D eigenvalue weighted by molar-refractivity contribution is -0.346. The number of alkyl halides is 5. The van der Waals surface area contributed by atoms with Crippen LogP contribution in [0.3, 0.4) is 0 Å². The van der Waals surface area contributed by atoms with E-state index in [1.165, 1.54) is 29.4 Å². The number of ether oxygens (including phenoxy) is 1.